The first-order valence-electron chi connectivity index (χ1n) is 5.00. The number of hydrogen-bond donors (Lipinski definition) is 0. The van der Waals surface area contributed by atoms with Gasteiger partial charge in [-0.05, 0) is 23.2 Å². The van der Waals surface area contributed by atoms with Crippen LogP contribution in [0.4, 0.5) is 0 Å². The Hall–Kier alpha value is -0.0400. The predicted octanol–water partition coefficient (Wildman–Crippen LogP) is 2.95. The van der Waals surface area contributed by atoms with Crippen LogP contribution in [0.25, 0.3) is 0 Å². The van der Waals surface area contributed by atoms with Crippen molar-refractivity contribution < 1.29 is 4.74 Å². The molecule has 0 spiro atoms. The van der Waals surface area contributed by atoms with Crippen LogP contribution in [0.5, 0.6) is 0 Å². The maximum absolute atomic E-state index is 5.56. The molecule has 0 aromatic rings. The number of ether oxygens (including phenoxy) is 1. The lowest BCUT2D eigenvalue weighted by molar-refractivity contribution is 0.148. The van der Waals surface area contributed by atoms with Crippen LogP contribution in [0.2, 0.25) is 0 Å². The molecule has 0 radical (unpaired) electrons. The highest BCUT2D eigenvalue weighted by Crippen LogP contribution is 2.39. The summed E-state index contributed by atoms with van der Waals surface area (Å²) in [6, 6.07) is 0. The van der Waals surface area contributed by atoms with Crippen LogP contribution in [0.3, 0.4) is 0 Å². The zero-order chi connectivity index (χ0) is 9.35. The van der Waals surface area contributed by atoms with Crippen molar-refractivity contribution in [2.75, 3.05) is 13.2 Å². The molecule has 1 fully saturated rings. The third-order valence-corrected chi connectivity index (χ3v) is 3.09. The first kappa shape index (κ1) is 10.0. The average molecular weight is 170 g/mol. The van der Waals surface area contributed by atoms with E-state index in [2.05, 4.69) is 34.6 Å². The van der Waals surface area contributed by atoms with Gasteiger partial charge in [0.15, 0.2) is 0 Å². The van der Waals surface area contributed by atoms with Gasteiger partial charge in [-0.1, -0.05) is 34.6 Å². The molecule has 0 N–H and O–H groups in total. The highest BCUT2D eigenvalue weighted by molar-refractivity contribution is 4.85. The summed E-state index contributed by atoms with van der Waals surface area (Å²) in [6.07, 6.45) is 0. The third kappa shape index (κ3) is 2.01. The molecule has 0 aliphatic carbocycles. The van der Waals surface area contributed by atoms with Crippen LogP contribution in [-0.4, -0.2) is 13.2 Å². The molecule has 1 heterocycles. The maximum atomic E-state index is 5.56. The van der Waals surface area contributed by atoms with Crippen molar-refractivity contribution in [1.29, 1.82) is 0 Å². The maximum Gasteiger partial charge on any atom is 0.0503 e. The van der Waals surface area contributed by atoms with E-state index in [1.54, 1.807) is 0 Å². The molecule has 0 bridgehead atoms. The van der Waals surface area contributed by atoms with Gasteiger partial charge in [0.05, 0.1) is 13.2 Å². The van der Waals surface area contributed by atoms with Crippen molar-refractivity contribution in [1.82, 2.24) is 0 Å². The molecule has 1 saturated heterocycles. The summed E-state index contributed by atoms with van der Waals surface area (Å²) in [5.74, 6) is 2.28. The smallest absolute Gasteiger partial charge is 0.0503 e. The Morgan fingerprint density at radius 1 is 1.17 bits per heavy atom. The highest BCUT2D eigenvalue weighted by atomic mass is 16.5. The van der Waals surface area contributed by atoms with Gasteiger partial charge in [0, 0.05) is 0 Å². The van der Waals surface area contributed by atoms with Crippen LogP contribution in [-0.2, 0) is 4.74 Å². The van der Waals surface area contributed by atoms with Crippen molar-refractivity contribution in [3.63, 3.8) is 0 Å². The molecule has 1 aliphatic heterocycles. The molecule has 0 aromatic heterocycles. The zero-order valence-electron chi connectivity index (χ0n) is 9.05. The lowest BCUT2D eigenvalue weighted by Crippen LogP contribution is -2.29. The van der Waals surface area contributed by atoms with E-state index >= 15 is 0 Å². The van der Waals surface area contributed by atoms with Crippen molar-refractivity contribution in [3.05, 3.63) is 0 Å². The van der Waals surface area contributed by atoms with Gasteiger partial charge in [0.25, 0.3) is 0 Å². The molecule has 72 valence electrons. The molecular formula is C11H22O. The largest absolute Gasteiger partial charge is 0.381 e. The van der Waals surface area contributed by atoms with Gasteiger partial charge >= 0.3 is 0 Å². The normalized spacial score (nSPS) is 31.5. The lowest BCUT2D eigenvalue weighted by atomic mass is 9.71. The molecular weight excluding hydrogens is 148 g/mol. The van der Waals surface area contributed by atoms with Gasteiger partial charge in [0.1, 0.15) is 0 Å². The minimum atomic E-state index is 0.408. The van der Waals surface area contributed by atoms with Crippen molar-refractivity contribution >= 4 is 0 Å². The minimum Gasteiger partial charge on any atom is -0.381 e. The Morgan fingerprint density at radius 2 is 1.75 bits per heavy atom. The quantitative estimate of drug-likeness (QED) is 0.588. The monoisotopic (exact) mass is 170 g/mol. The minimum absolute atomic E-state index is 0.408. The summed E-state index contributed by atoms with van der Waals surface area (Å²) in [4.78, 5) is 0. The van der Waals surface area contributed by atoms with Crippen LogP contribution in [0.15, 0.2) is 0 Å². The Bertz CT molecular complexity index is 144. The first-order chi connectivity index (χ1) is 5.43. The average Bonchev–Trinajstić information content (AvgIpc) is 2.30. The Labute approximate surface area is 76.5 Å². The van der Waals surface area contributed by atoms with Gasteiger partial charge in [-0.15, -0.1) is 0 Å². The van der Waals surface area contributed by atoms with Crippen molar-refractivity contribution in [2.45, 2.75) is 34.6 Å². The molecule has 0 aromatic carbocycles. The van der Waals surface area contributed by atoms with Crippen LogP contribution < -0.4 is 0 Å². The summed E-state index contributed by atoms with van der Waals surface area (Å²) in [7, 11) is 0. The van der Waals surface area contributed by atoms with E-state index in [0.29, 0.717) is 5.41 Å². The molecule has 1 nitrogen and oxygen atoms in total. The number of rotatable bonds is 1. The Morgan fingerprint density at radius 3 is 2.08 bits per heavy atom. The van der Waals surface area contributed by atoms with Gasteiger partial charge in [-0.2, -0.15) is 0 Å². The molecule has 2 atom stereocenters. The van der Waals surface area contributed by atoms with Crippen molar-refractivity contribution in [3.8, 4) is 0 Å². The second kappa shape index (κ2) is 3.37. The molecule has 0 saturated carbocycles. The molecule has 1 heteroatoms. The molecule has 2 unspecified atom stereocenters. The fourth-order valence-electron chi connectivity index (χ4n) is 2.12. The van der Waals surface area contributed by atoms with E-state index in [1.807, 2.05) is 0 Å². The second-order valence-corrected chi connectivity index (χ2v) is 5.42. The number of hydrogen-bond acceptors (Lipinski definition) is 1. The summed E-state index contributed by atoms with van der Waals surface area (Å²) in [6.45, 7) is 13.5. The fraction of sp³-hybridized carbons (Fsp3) is 1.00. The summed E-state index contributed by atoms with van der Waals surface area (Å²) >= 11 is 0. The topological polar surface area (TPSA) is 9.23 Å². The van der Waals surface area contributed by atoms with E-state index in [9.17, 15) is 0 Å². The van der Waals surface area contributed by atoms with E-state index in [4.69, 9.17) is 4.74 Å². The lowest BCUT2D eigenvalue weighted by Gasteiger charge is -2.32. The molecule has 1 aliphatic rings. The van der Waals surface area contributed by atoms with Crippen molar-refractivity contribution in [2.24, 2.45) is 23.2 Å². The van der Waals surface area contributed by atoms with E-state index in [1.165, 1.54) is 0 Å². The Kier molecular flexibility index (Phi) is 2.82. The van der Waals surface area contributed by atoms with Gasteiger partial charge in [0.2, 0.25) is 0 Å². The fourth-order valence-corrected chi connectivity index (χ4v) is 2.12. The Balaban J connectivity index is 2.64. The van der Waals surface area contributed by atoms with E-state index in [-0.39, 0.29) is 0 Å². The standard InChI is InChI=1S/C11H22O/c1-8(2)9-6-12-7-10(9)11(3,4)5/h8-10H,6-7H2,1-5H3. The van der Waals surface area contributed by atoms with Gasteiger partial charge < -0.3 is 4.74 Å². The predicted molar refractivity (Wildman–Crippen MR) is 52.1 cm³/mol. The summed E-state index contributed by atoms with van der Waals surface area (Å²) in [5, 5.41) is 0. The van der Waals surface area contributed by atoms with Gasteiger partial charge in [-0.25, -0.2) is 0 Å². The molecule has 12 heavy (non-hydrogen) atoms. The SMILES string of the molecule is CC(C)C1COCC1C(C)(C)C. The highest BCUT2D eigenvalue weighted by Gasteiger charge is 2.38. The zero-order valence-corrected chi connectivity index (χ0v) is 9.05. The van der Waals surface area contributed by atoms with Crippen LogP contribution in [0.1, 0.15) is 34.6 Å². The van der Waals surface area contributed by atoms with Gasteiger partial charge in [-0.3, -0.25) is 0 Å². The molecule has 1 rings (SSSR count). The van der Waals surface area contributed by atoms with E-state index in [0.717, 1.165) is 31.0 Å². The summed E-state index contributed by atoms with van der Waals surface area (Å²) in [5.41, 5.74) is 0.408. The second-order valence-electron chi connectivity index (χ2n) is 5.42. The third-order valence-electron chi connectivity index (χ3n) is 3.09. The van der Waals surface area contributed by atoms with E-state index < -0.39 is 0 Å². The summed E-state index contributed by atoms with van der Waals surface area (Å²) < 4.78 is 5.56. The van der Waals surface area contributed by atoms with Crippen LogP contribution in [0, 0.1) is 23.2 Å². The molecule has 0 amide bonds. The first-order valence-corrected chi connectivity index (χ1v) is 5.00. The van der Waals surface area contributed by atoms with Crippen LogP contribution >= 0.6 is 0 Å².